The Morgan fingerprint density at radius 2 is 1.96 bits per heavy atom. The van der Waals surface area contributed by atoms with Crippen LogP contribution in [0.5, 0.6) is 5.75 Å². The van der Waals surface area contributed by atoms with Crippen LogP contribution in [0.1, 0.15) is 0 Å². The van der Waals surface area contributed by atoms with E-state index < -0.39 is 5.56 Å². The second kappa shape index (κ2) is 6.45. The van der Waals surface area contributed by atoms with Gasteiger partial charge in [-0.05, 0) is 12.1 Å². The van der Waals surface area contributed by atoms with Crippen LogP contribution in [0.15, 0.2) is 29.2 Å². The number of piperazine rings is 1. The maximum atomic E-state index is 13.8. The third-order valence-electron chi connectivity index (χ3n) is 3.90. The number of nitrogens with one attached hydrogen (secondary N) is 1. The van der Waals surface area contributed by atoms with Gasteiger partial charge >= 0.3 is 0 Å². The number of hydrogen-bond acceptors (Lipinski definition) is 5. The van der Waals surface area contributed by atoms with Crippen LogP contribution in [0, 0.1) is 5.82 Å². The van der Waals surface area contributed by atoms with Crippen molar-refractivity contribution in [2.75, 3.05) is 43.1 Å². The zero-order valence-electron chi connectivity index (χ0n) is 12.6. The molecular formula is C15H16ClFN4O2. The third kappa shape index (κ3) is 3.10. The average molecular weight is 339 g/mol. The Morgan fingerprint density at radius 1 is 1.26 bits per heavy atom. The van der Waals surface area contributed by atoms with E-state index in [0.717, 1.165) is 5.69 Å². The van der Waals surface area contributed by atoms with Crippen molar-refractivity contribution in [2.45, 2.75) is 0 Å². The fraction of sp³-hybridized carbons (Fsp3) is 0.333. The number of nitrogens with zero attached hydrogens (tertiary/aromatic N) is 3. The Morgan fingerprint density at radius 3 is 2.61 bits per heavy atom. The van der Waals surface area contributed by atoms with Crippen molar-refractivity contribution in [2.24, 2.45) is 0 Å². The molecule has 0 bridgehead atoms. The van der Waals surface area contributed by atoms with Crippen LogP contribution in [0.2, 0.25) is 5.02 Å². The van der Waals surface area contributed by atoms with Crippen molar-refractivity contribution in [3.8, 4) is 5.75 Å². The summed E-state index contributed by atoms with van der Waals surface area (Å²) >= 11 is 6.03. The topological polar surface area (TPSA) is 61.5 Å². The van der Waals surface area contributed by atoms with Crippen molar-refractivity contribution < 1.29 is 9.13 Å². The van der Waals surface area contributed by atoms with Gasteiger partial charge in [0.05, 0.1) is 19.0 Å². The highest BCUT2D eigenvalue weighted by Gasteiger charge is 2.21. The summed E-state index contributed by atoms with van der Waals surface area (Å²) in [6, 6.07) is 4.92. The number of ether oxygens (including phenoxy) is 1. The summed E-state index contributed by atoms with van der Waals surface area (Å²) in [5.74, 6) is -0.150. The minimum atomic E-state index is -0.399. The molecule has 0 unspecified atom stereocenters. The maximum absolute atomic E-state index is 13.8. The number of benzene rings is 1. The quantitative estimate of drug-likeness (QED) is 0.926. The number of halogens is 2. The second-order valence-electron chi connectivity index (χ2n) is 5.19. The fourth-order valence-corrected chi connectivity index (χ4v) is 2.86. The van der Waals surface area contributed by atoms with E-state index in [0.29, 0.717) is 31.9 Å². The summed E-state index contributed by atoms with van der Waals surface area (Å²) in [5, 5.41) is 6.23. The molecule has 1 aliphatic rings. The molecule has 1 fully saturated rings. The van der Waals surface area contributed by atoms with Crippen molar-refractivity contribution in [1.82, 2.24) is 10.2 Å². The smallest absolute Gasteiger partial charge is 0.285 e. The van der Waals surface area contributed by atoms with Gasteiger partial charge in [0.1, 0.15) is 5.02 Å². The van der Waals surface area contributed by atoms with Crippen LogP contribution in [-0.2, 0) is 0 Å². The molecule has 1 aromatic heterocycles. The fourth-order valence-electron chi connectivity index (χ4n) is 2.65. The molecule has 2 aromatic rings. The lowest BCUT2D eigenvalue weighted by Gasteiger charge is -2.37. The van der Waals surface area contributed by atoms with Gasteiger partial charge in [-0.15, -0.1) is 0 Å². The van der Waals surface area contributed by atoms with Gasteiger partial charge in [0.15, 0.2) is 11.6 Å². The van der Waals surface area contributed by atoms with Crippen molar-refractivity contribution in [3.63, 3.8) is 0 Å². The van der Waals surface area contributed by atoms with Crippen molar-refractivity contribution >= 4 is 23.0 Å². The first-order valence-corrected chi connectivity index (χ1v) is 7.54. The molecular weight excluding hydrogens is 323 g/mol. The molecule has 0 aliphatic carbocycles. The average Bonchev–Trinajstić information content (AvgIpc) is 2.57. The number of aromatic nitrogens is 2. The predicted molar refractivity (Wildman–Crippen MR) is 87.2 cm³/mol. The van der Waals surface area contributed by atoms with E-state index in [-0.39, 0.29) is 16.6 Å². The minimum Gasteiger partial charge on any atom is -0.494 e. The molecule has 1 N–H and O–H groups in total. The highest BCUT2D eigenvalue weighted by Crippen LogP contribution is 2.26. The minimum absolute atomic E-state index is 0.143. The molecule has 1 aliphatic heterocycles. The van der Waals surface area contributed by atoms with Gasteiger partial charge in [-0.2, -0.15) is 5.10 Å². The lowest BCUT2D eigenvalue weighted by Crippen LogP contribution is -2.47. The van der Waals surface area contributed by atoms with E-state index in [1.54, 1.807) is 12.3 Å². The van der Waals surface area contributed by atoms with Crippen LogP contribution in [0.25, 0.3) is 0 Å². The molecule has 122 valence electrons. The number of rotatable bonds is 3. The van der Waals surface area contributed by atoms with Crippen LogP contribution in [0.4, 0.5) is 15.8 Å². The van der Waals surface area contributed by atoms with Crippen molar-refractivity contribution in [1.29, 1.82) is 0 Å². The third-order valence-corrected chi connectivity index (χ3v) is 4.26. The number of aromatic amines is 1. The molecule has 0 spiro atoms. The van der Waals surface area contributed by atoms with Crippen LogP contribution in [-0.4, -0.2) is 43.5 Å². The zero-order valence-corrected chi connectivity index (χ0v) is 13.3. The van der Waals surface area contributed by atoms with E-state index in [2.05, 4.69) is 15.1 Å². The Labute approximate surface area is 137 Å². The number of hydrogen-bond donors (Lipinski definition) is 1. The van der Waals surface area contributed by atoms with E-state index in [4.69, 9.17) is 16.3 Å². The van der Waals surface area contributed by atoms with Crippen LogP contribution in [0.3, 0.4) is 0 Å². The molecule has 8 heteroatoms. The van der Waals surface area contributed by atoms with Crippen LogP contribution < -0.4 is 20.1 Å². The Balaban J connectivity index is 1.72. The summed E-state index contributed by atoms with van der Waals surface area (Å²) in [7, 11) is 1.44. The van der Waals surface area contributed by atoms with Gasteiger partial charge < -0.3 is 14.5 Å². The number of methoxy groups -OCH3 is 1. The molecule has 3 rings (SSSR count). The number of anilines is 2. The molecule has 23 heavy (non-hydrogen) atoms. The summed E-state index contributed by atoms with van der Waals surface area (Å²) < 4.78 is 18.7. The second-order valence-corrected chi connectivity index (χ2v) is 5.57. The molecule has 0 amide bonds. The molecule has 0 atom stereocenters. The summed E-state index contributed by atoms with van der Waals surface area (Å²) in [5.41, 5.74) is 1.03. The summed E-state index contributed by atoms with van der Waals surface area (Å²) in [4.78, 5) is 15.6. The van der Waals surface area contributed by atoms with Gasteiger partial charge in [-0.25, -0.2) is 9.49 Å². The zero-order chi connectivity index (χ0) is 16.4. The monoisotopic (exact) mass is 338 g/mol. The Hall–Kier alpha value is -2.28. The largest absolute Gasteiger partial charge is 0.494 e. The molecule has 1 saturated heterocycles. The highest BCUT2D eigenvalue weighted by molar-refractivity contribution is 6.33. The lowest BCUT2D eigenvalue weighted by molar-refractivity contribution is 0.386. The summed E-state index contributed by atoms with van der Waals surface area (Å²) in [6.45, 7) is 2.71. The van der Waals surface area contributed by atoms with E-state index in [9.17, 15) is 9.18 Å². The van der Waals surface area contributed by atoms with Gasteiger partial charge in [-0.1, -0.05) is 11.6 Å². The lowest BCUT2D eigenvalue weighted by atomic mass is 10.2. The first kappa shape index (κ1) is 15.6. The first-order chi connectivity index (χ1) is 11.1. The van der Waals surface area contributed by atoms with Gasteiger partial charge in [-0.3, -0.25) is 4.79 Å². The Bertz CT molecular complexity index is 759. The van der Waals surface area contributed by atoms with Gasteiger partial charge in [0.2, 0.25) is 0 Å². The van der Waals surface area contributed by atoms with E-state index >= 15 is 0 Å². The van der Waals surface area contributed by atoms with E-state index in [1.165, 1.54) is 13.2 Å². The molecule has 2 heterocycles. The van der Waals surface area contributed by atoms with Gasteiger partial charge in [0, 0.05) is 37.9 Å². The predicted octanol–water partition coefficient (Wildman–Crippen LogP) is 1.90. The highest BCUT2D eigenvalue weighted by atomic mass is 35.5. The van der Waals surface area contributed by atoms with E-state index in [1.807, 2.05) is 11.0 Å². The standard InChI is InChI=1S/C15H16ClFN4O2/c1-23-13-3-2-10(8-11(13)17)20-4-6-21(7-5-20)12-9-18-19-15(22)14(12)16/h2-3,8-9H,4-7H2,1H3,(H,19,22). The maximum Gasteiger partial charge on any atom is 0.285 e. The molecule has 6 nitrogen and oxygen atoms in total. The molecule has 1 aromatic carbocycles. The molecule has 0 saturated carbocycles. The Kier molecular flexibility index (Phi) is 4.38. The number of H-pyrrole nitrogens is 1. The van der Waals surface area contributed by atoms with Crippen LogP contribution >= 0.6 is 11.6 Å². The molecule has 0 radical (unpaired) electrons. The normalized spacial score (nSPS) is 14.9. The van der Waals surface area contributed by atoms with Crippen molar-refractivity contribution in [3.05, 3.63) is 45.6 Å². The van der Waals surface area contributed by atoms with Gasteiger partial charge in [0.25, 0.3) is 5.56 Å². The summed E-state index contributed by atoms with van der Waals surface area (Å²) in [6.07, 6.45) is 1.55. The SMILES string of the molecule is COc1ccc(N2CCN(c3cn[nH]c(=O)c3Cl)CC2)cc1F. The first-order valence-electron chi connectivity index (χ1n) is 7.17.